The van der Waals surface area contributed by atoms with Gasteiger partial charge in [0.15, 0.2) is 0 Å². The lowest BCUT2D eigenvalue weighted by Crippen LogP contribution is -2.13. The van der Waals surface area contributed by atoms with Gasteiger partial charge in [0.1, 0.15) is 0 Å². The first kappa shape index (κ1) is 15.6. The molecule has 1 nitrogen and oxygen atoms in total. The quantitative estimate of drug-likeness (QED) is 0.512. The molecular weight excluding hydrogens is 238 g/mol. The molecule has 0 atom stereocenters. The van der Waals surface area contributed by atoms with Gasteiger partial charge < -0.3 is 5.32 Å². The lowest BCUT2D eigenvalue weighted by atomic mass is 10.1. The minimum absolute atomic E-state index is 0.829. The van der Waals surface area contributed by atoms with Gasteiger partial charge in [0, 0.05) is 11.4 Å². The van der Waals surface area contributed by atoms with Crippen molar-refractivity contribution in [3.63, 3.8) is 0 Å². The highest BCUT2D eigenvalue weighted by Crippen LogP contribution is 2.21. The van der Waals surface area contributed by atoms with Crippen molar-refractivity contribution in [1.29, 1.82) is 0 Å². The zero-order chi connectivity index (χ0) is 13.2. The lowest BCUT2D eigenvalue weighted by Gasteiger charge is -2.07. The molecule has 1 aromatic rings. The number of benzene rings is 1. The zero-order valence-electron chi connectivity index (χ0n) is 12.0. The van der Waals surface area contributed by atoms with E-state index >= 15 is 0 Å². The van der Waals surface area contributed by atoms with E-state index in [1.54, 1.807) is 0 Å². The maximum atomic E-state index is 3.45. The predicted octanol–water partition coefficient (Wildman–Crippen LogP) is 4.71. The molecule has 0 heterocycles. The van der Waals surface area contributed by atoms with Gasteiger partial charge in [0.25, 0.3) is 0 Å². The lowest BCUT2D eigenvalue weighted by molar-refractivity contribution is 0.579. The minimum atomic E-state index is 0.829. The molecule has 0 fully saturated rings. The van der Waals surface area contributed by atoms with Gasteiger partial charge in [-0.05, 0) is 48.8 Å². The SMILES string of the molecule is CCCNCc1cccc(SCCCC(C)C)c1. The molecule has 2 heteroatoms. The summed E-state index contributed by atoms with van der Waals surface area (Å²) in [5.41, 5.74) is 1.40. The van der Waals surface area contributed by atoms with Crippen LogP contribution in [0.25, 0.3) is 0 Å². The van der Waals surface area contributed by atoms with Crippen LogP contribution < -0.4 is 5.32 Å². The molecule has 0 saturated carbocycles. The predicted molar refractivity (Wildman–Crippen MR) is 83.2 cm³/mol. The van der Waals surface area contributed by atoms with Gasteiger partial charge in [-0.2, -0.15) is 0 Å². The van der Waals surface area contributed by atoms with E-state index in [9.17, 15) is 0 Å². The van der Waals surface area contributed by atoms with Crippen molar-refractivity contribution < 1.29 is 0 Å². The molecule has 0 amide bonds. The van der Waals surface area contributed by atoms with Gasteiger partial charge in [-0.25, -0.2) is 0 Å². The Labute approximate surface area is 117 Å². The third-order valence-electron chi connectivity index (χ3n) is 2.85. The molecular formula is C16H27NS. The van der Waals surface area contributed by atoms with Crippen LogP contribution in [0.5, 0.6) is 0 Å². The largest absolute Gasteiger partial charge is 0.313 e. The first-order valence-electron chi connectivity index (χ1n) is 7.14. The van der Waals surface area contributed by atoms with Crippen LogP contribution in [0.2, 0.25) is 0 Å². The number of hydrogen-bond donors (Lipinski definition) is 1. The monoisotopic (exact) mass is 265 g/mol. The van der Waals surface area contributed by atoms with E-state index in [2.05, 4.69) is 50.4 Å². The molecule has 1 rings (SSSR count). The van der Waals surface area contributed by atoms with Crippen molar-refractivity contribution in [2.45, 2.75) is 51.5 Å². The average molecular weight is 265 g/mol. The van der Waals surface area contributed by atoms with E-state index in [4.69, 9.17) is 0 Å². The molecule has 0 aliphatic heterocycles. The number of hydrogen-bond acceptors (Lipinski definition) is 2. The van der Waals surface area contributed by atoms with Gasteiger partial charge in [0.2, 0.25) is 0 Å². The summed E-state index contributed by atoms with van der Waals surface area (Å²) in [6.07, 6.45) is 3.86. The van der Waals surface area contributed by atoms with Crippen molar-refractivity contribution >= 4 is 11.8 Å². The highest BCUT2D eigenvalue weighted by molar-refractivity contribution is 7.99. The van der Waals surface area contributed by atoms with Gasteiger partial charge in [-0.15, -0.1) is 11.8 Å². The molecule has 0 spiro atoms. The maximum Gasteiger partial charge on any atom is 0.0205 e. The fourth-order valence-electron chi connectivity index (χ4n) is 1.84. The molecule has 0 saturated heterocycles. The molecule has 1 aromatic carbocycles. The maximum absolute atomic E-state index is 3.45. The summed E-state index contributed by atoms with van der Waals surface area (Å²) >= 11 is 1.99. The second-order valence-corrected chi connectivity index (χ2v) is 6.38. The van der Waals surface area contributed by atoms with Gasteiger partial charge in [-0.1, -0.05) is 39.3 Å². The summed E-state index contributed by atoms with van der Waals surface area (Å²) in [7, 11) is 0. The van der Waals surface area contributed by atoms with Crippen LogP contribution in [-0.2, 0) is 6.54 Å². The van der Waals surface area contributed by atoms with Crippen molar-refractivity contribution in [2.75, 3.05) is 12.3 Å². The number of thioether (sulfide) groups is 1. The molecule has 0 aliphatic rings. The first-order chi connectivity index (χ1) is 8.72. The van der Waals surface area contributed by atoms with Gasteiger partial charge >= 0.3 is 0 Å². The molecule has 0 radical (unpaired) electrons. The Balaban J connectivity index is 2.30. The Morgan fingerprint density at radius 3 is 2.83 bits per heavy atom. The fraction of sp³-hybridized carbons (Fsp3) is 0.625. The van der Waals surface area contributed by atoms with Crippen LogP contribution in [0.1, 0.15) is 45.6 Å². The molecule has 18 heavy (non-hydrogen) atoms. The van der Waals surface area contributed by atoms with Gasteiger partial charge in [-0.3, -0.25) is 0 Å². The Hall–Kier alpha value is -0.470. The number of nitrogens with one attached hydrogen (secondary N) is 1. The average Bonchev–Trinajstić information content (AvgIpc) is 2.35. The fourth-order valence-corrected chi connectivity index (χ4v) is 2.79. The van der Waals surface area contributed by atoms with Gasteiger partial charge in [0.05, 0.1) is 0 Å². The van der Waals surface area contributed by atoms with E-state index in [-0.39, 0.29) is 0 Å². The summed E-state index contributed by atoms with van der Waals surface area (Å²) in [5.74, 6) is 2.07. The standard InChI is InChI=1S/C16H27NS/c1-4-10-17-13-15-8-5-9-16(12-15)18-11-6-7-14(2)3/h5,8-9,12,14,17H,4,6-7,10-11,13H2,1-3H3. The summed E-state index contributed by atoms with van der Waals surface area (Å²) in [4.78, 5) is 1.41. The zero-order valence-corrected chi connectivity index (χ0v) is 12.9. The topological polar surface area (TPSA) is 12.0 Å². The molecule has 0 aromatic heterocycles. The highest BCUT2D eigenvalue weighted by Gasteiger charge is 1.98. The summed E-state index contributed by atoms with van der Waals surface area (Å²) in [6.45, 7) is 8.89. The Morgan fingerprint density at radius 2 is 2.11 bits per heavy atom. The molecule has 0 unspecified atom stereocenters. The first-order valence-corrected chi connectivity index (χ1v) is 8.13. The second kappa shape index (κ2) is 9.46. The van der Waals surface area contributed by atoms with Crippen molar-refractivity contribution in [3.8, 4) is 0 Å². The van der Waals surface area contributed by atoms with Crippen molar-refractivity contribution in [1.82, 2.24) is 5.32 Å². The number of rotatable bonds is 9. The molecule has 0 aliphatic carbocycles. The highest BCUT2D eigenvalue weighted by atomic mass is 32.2. The van der Waals surface area contributed by atoms with Crippen molar-refractivity contribution in [3.05, 3.63) is 29.8 Å². The summed E-state index contributed by atoms with van der Waals surface area (Å²) in [6, 6.07) is 8.93. The third kappa shape index (κ3) is 7.07. The smallest absolute Gasteiger partial charge is 0.0205 e. The Bertz CT molecular complexity index is 323. The van der Waals surface area contributed by atoms with E-state index in [0.717, 1.165) is 19.0 Å². The normalized spacial score (nSPS) is 11.1. The van der Waals surface area contributed by atoms with Crippen LogP contribution in [0, 0.1) is 5.92 Å². The molecule has 102 valence electrons. The third-order valence-corrected chi connectivity index (χ3v) is 3.93. The van der Waals surface area contributed by atoms with Crippen LogP contribution in [0.4, 0.5) is 0 Å². The van der Waals surface area contributed by atoms with Crippen LogP contribution >= 0.6 is 11.8 Å². The minimum Gasteiger partial charge on any atom is -0.313 e. The van der Waals surface area contributed by atoms with E-state index in [1.807, 2.05) is 11.8 Å². The molecule has 0 bridgehead atoms. The van der Waals surface area contributed by atoms with Crippen LogP contribution in [-0.4, -0.2) is 12.3 Å². The Kier molecular flexibility index (Phi) is 8.19. The summed E-state index contributed by atoms with van der Waals surface area (Å²) < 4.78 is 0. The van der Waals surface area contributed by atoms with E-state index in [0.29, 0.717) is 0 Å². The Morgan fingerprint density at radius 1 is 1.28 bits per heavy atom. The van der Waals surface area contributed by atoms with Crippen LogP contribution in [0.3, 0.4) is 0 Å². The summed E-state index contributed by atoms with van der Waals surface area (Å²) in [5, 5.41) is 3.45. The van der Waals surface area contributed by atoms with E-state index < -0.39 is 0 Å². The second-order valence-electron chi connectivity index (χ2n) is 5.21. The van der Waals surface area contributed by atoms with Crippen molar-refractivity contribution in [2.24, 2.45) is 5.92 Å². The molecule has 1 N–H and O–H groups in total. The van der Waals surface area contributed by atoms with E-state index in [1.165, 1.54) is 35.5 Å². The van der Waals surface area contributed by atoms with Crippen LogP contribution in [0.15, 0.2) is 29.2 Å².